The fourth-order valence-corrected chi connectivity index (χ4v) is 19.2. The number of aromatic amines is 4. The molecule has 0 aromatic carbocycles. The fraction of sp³-hybridized carbons (Fsp3) is 0.675. The Hall–Kier alpha value is -6.00. The first-order valence-corrected chi connectivity index (χ1v) is 57.0. The number of H-pyrrole nitrogens is 4. The van der Waals surface area contributed by atoms with Crippen molar-refractivity contribution in [1.82, 2.24) is 52.7 Å². The minimum Gasteiger partial charge on any atom is -0.388 e. The predicted molar refractivity (Wildman–Crippen MR) is 500 cm³/mol. The molecule has 702 valence electrons. The molecule has 5 aliphatic heterocycles. The second-order valence-corrected chi connectivity index (χ2v) is 58.0. The van der Waals surface area contributed by atoms with Gasteiger partial charge in [0.15, 0.2) is 6.23 Å². The van der Waals surface area contributed by atoms with Gasteiger partial charge in [0.25, 0.3) is 27.8 Å². The molecule has 20 atom stereocenters. The summed E-state index contributed by atoms with van der Waals surface area (Å²) in [6, 6.07) is 0. The van der Waals surface area contributed by atoms with Gasteiger partial charge in [-0.1, -0.05) is 31.9 Å². The molecular weight excluding hydrogens is 1710 g/mol. The maximum atomic E-state index is 12.4. The number of aromatic nitrogens is 10. The standard InChI is InChI=1S/C20H34N3O5P.C17H29N2O5P.C16H27N2O5P.2C15H25N2O5P/c1-13(2)7-9-21-11-14-12-23(20(26)22-18(14)25)19-17(27-3)16(24)15(28-19)8-10-29(4,5)6;1-5-6-8-19-10-11(16(22)18-17(19)23)15-14(21)13(20)12(24-15)7-9-25(2,3)4;1-5-7-18-9-10(15(21)17-16(18)22)14-13(20)12(19)11(23-14)6-8-24(2,3)4;1-16-8-9(14(20)17(2)15(16)21)13-12(19)11(18)10(22-13)6-7-23(3,4)5;1-5-17-8-9(14(20)16-15(17)21)13-12(19)11(18)10(22-13)6-7-23(2,3)4/h7,12,15-17,19,21,24H,4,8-11H2,1-3,5-6H3,(H,22,25,26);10,12-15,20-21H,2,5-9H2,1,3-4H3,(H,18,22,23);9,11-14,19-20H,2,5-8H2,1,3-4H3,(H,17,21,22);8,10-13,18-19H,3,6-7H2,1-2,4-5H3;8,10-13,18-19H,2,5-7H2,1,3-4H3,(H,16,20,21)/t15-,16-,17-,19-;12-,13-,14-,15+;11-,12-,13-,14+;2*10-,11-,12-,13+/m11111/s1. The van der Waals surface area contributed by atoms with Gasteiger partial charge in [0, 0.05) is 90.5 Å². The van der Waals surface area contributed by atoms with Gasteiger partial charge in [-0.3, -0.25) is 53.0 Å². The van der Waals surface area contributed by atoms with E-state index in [0.29, 0.717) is 70.4 Å². The lowest BCUT2D eigenvalue weighted by Gasteiger charge is -2.21. The largest absolute Gasteiger partial charge is 0.388 e. The Morgan fingerprint density at radius 1 is 0.444 bits per heavy atom. The van der Waals surface area contributed by atoms with Crippen molar-refractivity contribution in [1.29, 1.82) is 0 Å². The lowest BCUT2D eigenvalue weighted by atomic mass is 10.0. The highest BCUT2D eigenvalue weighted by atomic mass is 31.2. The topological polar surface area (TPSA) is 513 Å². The Labute approximate surface area is 723 Å². The zero-order chi connectivity index (χ0) is 93.5. The fourth-order valence-electron chi connectivity index (χ4n) is 14.5. The summed E-state index contributed by atoms with van der Waals surface area (Å²) in [5.74, 6) is 0. The van der Waals surface area contributed by atoms with Crippen molar-refractivity contribution in [2.75, 3.05) is 111 Å². The monoisotopic (exact) mass is 1850 g/mol. The summed E-state index contributed by atoms with van der Waals surface area (Å²) < 4.78 is 42.2. The van der Waals surface area contributed by atoms with Crippen LogP contribution in [0.3, 0.4) is 0 Å². The van der Waals surface area contributed by atoms with Crippen LogP contribution >= 0.6 is 34.4 Å². The third kappa shape index (κ3) is 30.0. The number of ether oxygens (including phenoxy) is 6. The third-order valence-corrected chi connectivity index (χ3v) is 29.1. The molecule has 0 radical (unpaired) electrons. The number of hydrogen-bond acceptors (Lipinski definition) is 26. The molecule has 124 heavy (non-hydrogen) atoms. The van der Waals surface area contributed by atoms with Crippen molar-refractivity contribution in [3.63, 3.8) is 0 Å². The molecule has 10 rings (SSSR count). The van der Waals surface area contributed by atoms with Crippen LogP contribution in [0, 0.1) is 0 Å². The van der Waals surface area contributed by atoms with E-state index in [0.717, 1.165) is 54.6 Å². The predicted octanol–water partition coefficient (Wildman–Crippen LogP) is 0.933. The summed E-state index contributed by atoms with van der Waals surface area (Å²) in [4.78, 5) is 129. The van der Waals surface area contributed by atoms with E-state index in [2.05, 4.69) is 123 Å². The van der Waals surface area contributed by atoms with Gasteiger partial charge in [0.1, 0.15) is 85.5 Å². The van der Waals surface area contributed by atoms with Gasteiger partial charge in [-0.25, -0.2) is 24.0 Å². The van der Waals surface area contributed by atoms with E-state index >= 15 is 0 Å². The zero-order valence-electron chi connectivity index (χ0n) is 75.3. The van der Waals surface area contributed by atoms with E-state index in [4.69, 9.17) is 28.4 Å². The van der Waals surface area contributed by atoms with Crippen LogP contribution in [0.5, 0.6) is 0 Å². The molecule has 5 aromatic heterocycles. The number of hydrogen-bond donors (Lipinski definition) is 14. The lowest BCUT2D eigenvalue weighted by molar-refractivity contribution is -0.0542. The van der Waals surface area contributed by atoms with Crippen molar-refractivity contribution in [3.05, 3.63) is 175 Å². The molecule has 5 aromatic rings. The first kappa shape index (κ1) is 107. The molecule has 0 aliphatic carbocycles. The number of allylic oxidation sites excluding steroid dienone is 1. The molecule has 5 aliphatic rings. The van der Waals surface area contributed by atoms with Gasteiger partial charge >= 0.3 is 28.4 Å². The van der Waals surface area contributed by atoms with Crippen LogP contribution in [0.25, 0.3) is 0 Å². The third-order valence-electron chi connectivity index (χ3n) is 21.8. The van der Waals surface area contributed by atoms with Crippen LogP contribution in [-0.4, -0.2) is 327 Å². The molecule has 36 nitrogen and oxygen atoms in total. The highest BCUT2D eigenvalue weighted by Crippen LogP contribution is 2.45. The average Bonchev–Trinajstić information content (AvgIpc) is 1.30. The molecule has 14 N–H and O–H groups in total. The molecule has 0 spiro atoms. The van der Waals surface area contributed by atoms with Crippen molar-refractivity contribution >= 4 is 65.9 Å². The van der Waals surface area contributed by atoms with E-state index in [-0.39, 0.29) is 22.3 Å². The van der Waals surface area contributed by atoms with Gasteiger partial charge in [-0.05, 0) is 163 Å². The number of aryl methyl sites for hydroxylation is 4. The van der Waals surface area contributed by atoms with Crippen LogP contribution in [0.1, 0.15) is 144 Å². The summed E-state index contributed by atoms with van der Waals surface area (Å²) in [5.41, 5.74) is -2.98. The maximum absolute atomic E-state index is 12.4. The van der Waals surface area contributed by atoms with Gasteiger partial charge in [0.2, 0.25) is 0 Å². The highest BCUT2D eigenvalue weighted by molar-refractivity contribution is 7.73. The molecule has 5 fully saturated rings. The number of nitrogens with one attached hydrogen (secondary N) is 5. The minimum atomic E-state index is -1.28. The number of methoxy groups -OCH3 is 1. The molecule has 10 heterocycles. The van der Waals surface area contributed by atoms with Crippen LogP contribution in [0.2, 0.25) is 0 Å². The van der Waals surface area contributed by atoms with E-state index in [1.807, 2.05) is 33.8 Å². The Bertz CT molecular complexity index is 5340. The maximum Gasteiger partial charge on any atom is 0.330 e. The van der Waals surface area contributed by atoms with Crippen LogP contribution in [0.15, 0.2) is 90.6 Å². The SMILES string of the molecule is C=P(C)(C)CC[C@H]1O[C@@H](c2cn(C)c(=O)n(C)c2=O)[C@H](O)[C@@H]1O.C=P(C)(C)CC[C@H]1O[C@@H](c2cn(CC)c(=O)[nH]c2=O)[C@H](O)[C@@H]1O.C=P(C)(C)CC[C@H]1O[C@@H](c2cn(CCC)c(=O)[nH]c2=O)[C@H](O)[C@@H]1O.C=P(C)(C)CC[C@H]1O[C@@H](c2cn(CCCC)c(=O)[nH]c2=O)[C@H](O)[C@@H]1O.C=P(C)(C)CC[C@H]1O[C@@H](n2cc(CNCC=C(C)C)c(=O)[nH]c2=O)[C@H](OC)[C@@H]1O. The molecule has 0 saturated carbocycles. The van der Waals surface area contributed by atoms with E-state index in [1.165, 1.54) is 80.6 Å². The van der Waals surface area contributed by atoms with E-state index in [1.54, 1.807) is 6.92 Å². The Balaban J connectivity index is 0.000000240. The van der Waals surface area contributed by atoms with Crippen molar-refractivity contribution in [3.8, 4) is 0 Å². The second kappa shape index (κ2) is 46.0. The Morgan fingerprint density at radius 3 is 1.12 bits per heavy atom. The molecule has 0 bridgehead atoms. The van der Waals surface area contributed by atoms with E-state index in [9.17, 15) is 93.9 Å². The van der Waals surface area contributed by atoms with Gasteiger partial charge in [-0.2, -0.15) is 0 Å². The van der Waals surface area contributed by atoms with Gasteiger partial charge < -0.3 is 98.0 Å². The van der Waals surface area contributed by atoms with Gasteiger partial charge in [-0.15, -0.1) is 65.9 Å². The first-order valence-electron chi connectivity index (χ1n) is 41.7. The Morgan fingerprint density at radius 2 is 0.782 bits per heavy atom. The van der Waals surface area contributed by atoms with Crippen LogP contribution in [-0.2, 0) is 68.7 Å². The Kier molecular flexibility index (Phi) is 39.6. The van der Waals surface area contributed by atoms with Gasteiger partial charge in [0.05, 0.1) is 52.8 Å². The molecular formula is C83H140N11O25P5. The van der Waals surface area contributed by atoms with E-state index < -0.39 is 213 Å². The second-order valence-electron chi connectivity index (χ2n) is 36.4. The lowest BCUT2D eigenvalue weighted by Crippen LogP contribution is -2.40. The first-order chi connectivity index (χ1) is 57.5. The number of aliphatic hydroxyl groups is 9. The minimum absolute atomic E-state index is 0.157. The molecule has 5 saturated heterocycles. The summed E-state index contributed by atoms with van der Waals surface area (Å²) >= 11 is 0. The molecule has 41 heteroatoms. The molecule has 0 unspecified atom stereocenters. The van der Waals surface area contributed by atoms with Crippen molar-refractivity contribution < 1.29 is 74.4 Å². The van der Waals surface area contributed by atoms with Crippen LogP contribution < -0.4 is 61.6 Å². The summed E-state index contributed by atoms with van der Waals surface area (Å²) in [7, 11) is 4.37. The smallest absolute Gasteiger partial charge is 0.330 e. The number of nitrogens with zero attached hydrogens (tertiary/aromatic N) is 6. The van der Waals surface area contributed by atoms with Crippen molar-refractivity contribution in [2.45, 2.75) is 234 Å². The van der Waals surface area contributed by atoms with Crippen LogP contribution in [0.4, 0.5) is 0 Å². The number of unbranched alkanes of at least 4 members (excludes halogenated alkanes) is 1. The van der Waals surface area contributed by atoms with Crippen molar-refractivity contribution in [2.24, 2.45) is 14.1 Å². The average molecular weight is 1850 g/mol. The zero-order valence-corrected chi connectivity index (χ0v) is 79.7. The normalized spacial score (nSPS) is 27.0. The summed E-state index contributed by atoms with van der Waals surface area (Å²) in [5, 5.41) is 95.9. The summed E-state index contributed by atoms with van der Waals surface area (Å²) in [6.45, 7) is 26.5. The quantitative estimate of drug-likeness (QED) is 0.0167. The number of rotatable bonds is 31. The highest BCUT2D eigenvalue weighted by Gasteiger charge is 2.50. The number of aliphatic hydroxyl groups excluding tert-OH is 9. The summed E-state index contributed by atoms with van der Waals surface area (Å²) in [6.07, 6.45) is 21.5. The molecule has 0 amide bonds.